The monoisotopic (exact) mass is 436 g/mol. The number of nitrogens with one attached hydrogen (secondary N) is 1. The van der Waals surface area contributed by atoms with Crippen molar-refractivity contribution in [2.24, 2.45) is 16.5 Å². The number of hydrogen-bond donors (Lipinski definition) is 2. The number of rotatable bonds is 9. The van der Waals surface area contributed by atoms with Crippen molar-refractivity contribution in [3.8, 4) is 0 Å². The largest absolute Gasteiger partial charge is 0.393 e. The van der Waals surface area contributed by atoms with Crippen LogP contribution in [0.4, 0.5) is 0 Å². The van der Waals surface area contributed by atoms with Gasteiger partial charge in [0.05, 0.1) is 24.7 Å². The third kappa shape index (κ3) is 4.28. The van der Waals surface area contributed by atoms with Crippen molar-refractivity contribution in [2.45, 2.75) is 37.7 Å². The zero-order chi connectivity index (χ0) is 21.1. The highest BCUT2D eigenvalue weighted by Gasteiger charge is 2.60. The van der Waals surface area contributed by atoms with Crippen LogP contribution in [-0.4, -0.2) is 71.2 Å². The predicted octanol–water partition coefficient (Wildman–Crippen LogP) is 1.44. The Hall–Kier alpha value is -1.68. The van der Waals surface area contributed by atoms with E-state index in [2.05, 4.69) is 14.9 Å². The molecule has 154 valence electrons. The molecule has 0 saturated carbocycles. The summed E-state index contributed by atoms with van der Waals surface area (Å²) in [6, 6.07) is 1.60. The van der Waals surface area contributed by atoms with E-state index in [-0.39, 0.29) is 37.4 Å². The van der Waals surface area contributed by atoms with Crippen LogP contribution in [0.5, 0.6) is 0 Å². The van der Waals surface area contributed by atoms with Gasteiger partial charge in [-0.3, -0.25) is 9.89 Å². The van der Waals surface area contributed by atoms with Gasteiger partial charge in [0, 0.05) is 41.5 Å². The molecule has 1 fully saturated rings. The summed E-state index contributed by atoms with van der Waals surface area (Å²) < 4.78 is 13.7. The molecular formula is C17H22BN4O5PS. The third-order valence-electron chi connectivity index (χ3n) is 5.12. The number of carbonyl (C=O) groups excluding carboxylic acids is 2. The van der Waals surface area contributed by atoms with Gasteiger partial charge in [-0.2, -0.15) is 5.10 Å². The molecule has 5 atom stereocenters. The van der Waals surface area contributed by atoms with Crippen LogP contribution in [0.1, 0.15) is 19.5 Å². The first-order valence-electron chi connectivity index (χ1n) is 9.11. The van der Waals surface area contributed by atoms with E-state index < -0.39 is 18.0 Å². The van der Waals surface area contributed by atoms with E-state index in [1.165, 1.54) is 16.7 Å². The lowest BCUT2D eigenvalue weighted by atomic mass is 9.79. The summed E-state index contributed by atoms with van der Waals surface area (Å²) in [5.41, 5.74) is 1.15. The van der Waals surface area contributed by atoms with E-state index in [1.54, 1.807) is 20.2 Å². The Bertz CT molecular complexity index is 819. The zero-order valence-corrected chi connectivity index (χ0v) is 18.0. The molecule has 1 aromatic rings. The van der Waals surface area contributed by atoms with Gasteiger partial charge in [0.1, 0.15) is 5.70 Å². The minimum absolute atomic E-state index is 0.0174. The van der Waals surface area contributed by atoms with E-state index in [9.17, 15) is 14.7 Å². The fraction of sp³-hybridized carbons (Fsp3) is 0.588. The number of carbonyl (C=O) groups is 2. The number of aliphatic hydroxyl groups excluding tert-OH is 1. The van der Waals surface area contributed by atoms with Gasteiger partial charge in [0.25, 0.3) is 7.98 Å². The molecule has 1 saturated heterocycles. The minimum Gasteiger partial charge on any atom is -0.393 e. The van der Waals surface area contributed by atoms with Gasteiger partial charge in [0.2, 0.25) is 14.5 Å². The number of H-pyrrole nitrogens is 1. The van der Waals surface area contributed by atoms with Gasteiger partial charge in [-0.15, -0.1) is 11.8 Å². The van der Waals surface area contributed by atoms with Crippen molar-refractivity contribution in [3.05, 3.63) is 28.6 Å². The van der Waals surface area contributed by atoms with E-state index in [4.69, 9.17) is 17.2 Å². The SMILES string of the molecule is [B]N=POC(=O)C1=C(SC(COC)Cc2ccn[nH]2)C(C)C2C(C(C)O)C(=O)N12. The Morgan fingerprint density at radius 2 is 2.34 bits per heavy atom. The lowest BCUT2D eigenvalue weighted by molar-refractivity contribution is -0.162. The van der Waals surface area contributed by atoms with Crippen molar-refractivity contribution in [2.75, 3.05) is 13.7 Å². The molecule has 0 spiro atoms. The molecule has 0 aromatic carbocycles. The van der Waals surface area contributed by atoms with E-state index in [0.29, 0.717) is 13.0 Å². The Morgan fingerprint density at radius 1 is 1.59 bits per heavy atom. The number of ether oxygens (including phenoxy) is 1. The van der Waals surface area contributed by atoms with Crippen LogP contribution in [0.2, 0.25) is 0 Å². The second-order valence-electron chi connectivity index (χ2n) is 7.02. The fourth-order valence-corrected chi connectivity index (χ4v) is 5.60. The summed E-state index contributed by atoms with van der Waals surface area (Å²) >= 11 is 1.48. The van der Waals surface area contributed by atoms with Crippen LogP contribution < -0.4 is 0 Å². The van der Waals surface area contributed by atoms with Crippen LogP contribution in [0.15, 0.2) is 27.5 Å². The molecule has 5 unspecified atom stereocenters. The number of aliphatic hydroxyl groups is 1. The molecule has 0 bridgehead atoms. The average Bonchev–Trinajstić information content (AvgIpc) is 3.25. The Morgan fingerprint density at radius 3 is 2.93 bits per heavy atom. The van der Waals surface area contributed by atoms with Gasteiger partial charge in [-0.1, -0.05) is 6.92 Å². The normalized spacial score (nSPS) is 25.9. The first kappa shape index (κ1) is 22.0. The standard InChI is InChI=1S/C17H22BN4O5PS/c1-8-13-12(9(2)23)16(24)22(13)14(17(25)27-28-21-18)15(8)29-11(7-26-3)6-10-4-5-19-20-10/h4-5,8-9,11-13,23H,6-7H2,1-3H3,(H,19,20). The number of fused-ring (bicyclic) bond motifs is 1. The van der Waals surface area contributed by atoms with Crippen LogP contribution in [-0.2, 0) is 25.3 Å². The molecule has 1 aromatic heterocycles. The molecule has 2 aliphatic rings. The number of aromatic amines is 1. The molecule has 0 aliphatic carbocycles. The van der Waals surface area contributed by atoms with Gasteiger partial charge in [-0.05, 0) is 13.0 Å². The summed E-state index contributed by atoms with van der Waals surface area (Å²) in [5, 5.41) is 16.9. The van der Waals surface area contributed by atoms with E-state index in [0.717, 1.165) is 10.6 Å². The third-order valence-corrected chi connectivity index (χ3v) is 6.92. The smallest absolute Gasteiger partial charge is 0.365 e. The van der Waals surface area contributed by atoms with Crippen LogP contribution >= 0.6 is 20.4 Å². The summed E-state index contributed by atoms with van der Waals surface area (Å²) in [6.07, 6.45) is 1.52. The van der Waals surface area contributed by atoms with Gasteiger partial charge in [0.15, 0.2) is 0 Å². The van der Waals surface area contributed by atoms with Crippen molar-refractivity contribution in [3.63, 3.8) is 0 Å². The Labute approximate surface area is 176 Å². The maximum atomic E-state index is 12.7. The number of thioether (sulfide) groups is 1. The van der Waals surface area contributed by atoms with Crippen molar-refractivity contribution >= 4 is 40.2 Å². The molecule has 3 heterocycles. The molecule has 29 heavy (non-hydrogen) atoms. The summed E-state index contributed by atoms with van der Waals surface area (Å²) in [6.45, 7) is 3.98. The average molecular weight is 436 g/mol. The predicted molar refractivity (Wildman–Crippen MR) is 109 cm³/mol. The van der Waals surface area contributed by atoms with Crippen LogP contribution in [0, 0.1) is 11.8 Å². The quantitative estimate of drug-likeness (QED) is 0.342. The van der Waals surface area contributed by atoms with Crippen LogP contribution in [0.25, 0.3) is 0 Å². The summed E-state index contributed by atoms with van der Waals surface area (Å²) in [4.78, 5) is 27.6. The zero-order valence-electron chi connectivity index (χ0n) is 16.3. The highest BCUT2D eigenvalue weighted by atomic mass is 32.2. The summed E-state index contributed by atoms with van der Waals surface area (Å²) in [7, 11) is 6.64. The van der Waals surface area contributed by atoms with E-state index >= 15 is 0 Å². The van der Waals surface area contributed by atoms with Gasteiger partial charge >= 0.3 is 5.97 Å². The number of β-lactam (4-membered cyclic amide) rings is 1. The number of nitrogens with zero attached hydrogens (tertiary/aromatic N) is 3. The number of amides is 1. The second-order valence-corrected chi connectivity index (χ2v) is 8.94. The molecule has 2 N–H and O–H groups in total. The molecule has 3 rings (SSSR count). The molecule has 2 radical (unpaired) electrons. The lowest BCUT2D eigenvalue weighted by Gasteiger charge is -2.46. The maximum absolute atomic E-state index is 12.7. The molecule has 2 aliphatic heterocycles. The number of hydrogen-bond acceptors (Lipinski definition) is 8. The lowest BCUT2D eigenvalue weighted by Crippen LogP contribution is -2.63. The molecular weight excluding hydrogens is 414 g/mol. The minimum atomic E-state index is -0.801. The number of aromatic nitrogens is 2. The molecule has 12 heteroatoms. The molecule has 9 nitrogen and oxygen atoms in total. The first-order valence-corrected chi connectivity index (χ1v) is 10.8. The Balaban J connectivity index is 1.91. The maximum Gasteiger partial charge on any atom is 0.365 e. The summed E-state index contributed by atoms with van der Waals surface area (Å²) in [5.74, 6) is -1.62. The van der Waals surface area contributed by atoms with Crippen molar-refractivity contribution in [1.82, 2.24) is 15.1 Å². The van der Waals surface area contributed by atoms with Crippen LogP contribution in [0.3, 0.4) is 0 Å². The van der Waals surface area contributed by atoms with Gasteiger partial charge < -0.3 is 23.9 Å². The van der Waals surface area contributed by atoms with E-state index in [1.807, 2.05) is 13.0 Å². The number of methoxy groups -OCH3 is 1. The highest BCUT2D eigenvalue weighted by Crippen LogP contribution is 2.51. The van der Waals surface area contributed by atoms with Crippen molar-refractivity contribution < 1.29 is 24.0 Å². The Kier molecular flexibility index (Phi) is 7.16. The van der Waals surface area contributed by atoms with Gasteiger partial charge in [-0.25, -0.2) is 4.79 Å². The molecule has 1 amide bonds. The fourth-order valence-electron chi connectivity index (χ4n) is 3.92. The first-order chi connectivity index (χ1) is 13.9. The topological polar surface area (TPSA) is 117 Å². The van der Waals surface area contributed by atoms with Crippen molar-refractivity contribution in [1.29, 1.82) is 0 Å². The second kappa shape index (κ2) is 9.42. The highest BCUT2D eigenvalue weighted by molar-refractivity contribution is 8.03.